The number of nitrogens with zero attached hydrogens (tertiary/aromatic N) is 4. The van der Waals surface area contributed by atoms with E-state index in [0.29, 0.717) is 22.3 Å². The highest BCUT2D eigenvalue weighted by Crippen LogP contribution is 2.38. The molecule has 0 bridgehead atoms. The zero-order valence-corrected chi connectivity index (χ0v) is 12.1. The van der Waals surface area contributed by atoms with Crippen LogP contribution in [0.5, 0.6) is 0 Å². The van der Waals surface area contributed by atoms with Gasteiger partial charge in [-0.15, -0.1) is 10.2 Å². The van der Waals surface area contributed by atoms with Crippen molar-refractivity contribution in [3.05, 3.63) is 34.6 Å². The second kappa shape index (κ2) is 6.38. The maximum absolute atomic E-state index is 11.3. The van der Waals surface area contributed by atoms with Crippen molar-refractivity contribution in [3.63, 3.8) is 0 Å². The maximum atomic E-state index is 11.3. The SMILES string of the molecule is CCCNc1cccc(Sc2nncn2C)c1[N+](=O)[O-]. The lowest BCUT2D eigenvalue weighted by atomic mass is 10.2. The Hall–Kier alpha value is -2.09. The van der Waals surface area contributed by atoms with Crippen LogP contribution in [0, 0.1) is 10.1 Å². The van der Waals surface area contributed by atoms with Gasteiger partial charge in [0, 0.05) is 13.6 Å². The van der Waals surface area contributed by atoms with Crippen LogP contribution in [0.3, 0.4) is 0 Å². The number of nitro groups is 1. The molecule has 0 saturated heterocycles. The molecule has 7 nitrogen and oxygen atoms in total. The van der Waals surface area contributed by atoms with Crippen LogP contribution < -0.4 is 5.32 Å². The van der Waals surface area contributed by atoms with Crippen LogP contribution in [-0.4, -0.2) is 26.2 Å². The van der Waals surface area contributed by atoms with Gasteiger partial charge in [0.05, 0.1) is 9.82 Å². The number of benzene rings is 1. The lowest BCUT2D eigenvalue weighted by Crippen LogP contribution is -2.04. The van der Waals surface area contributed by atoms with Crippen LogP contribution in [0.25, 0.3) is 0 Å². The molecule has 0 spiro atoms. The molecule has 0 fully saturated rings. The van der Waals surface area contributed by atoms with E-state index in [1.165, 1.54) is 11.8 Å². The summed E-state index contributed by atoms with van der Waals surface area (Å²) in [6.07, 6.45) is 2.46. The Balaban J connectivity index is 2.36. The highest BCUT2D eigenvalue weighted by Gasteiger charge is 2.21. The molecular weight excluding hydrogens is 278 g/mol. The highest BCUT2D eigenvalue weighted by atomic mass is 32.2. The average Bonchev–Trinajstić information content (AvgIpc) is 2.81. The Labute approximate surface area is 120 Å². The third-order valence-corrected chi connectivity index (χ3v) is 3.72. The van der Waals surface area contributed by atoms with Crippen molar-refractivity contribution in [1.82, 2.24) is 14.8 Å². The Morgan fingerprint density at radius 2 is 2.30 bits per heavy atom. The summed E-state index contributed by atoms with van der Waals surface area (Å²) in [6.45, 7) is 2.70. The minimum atomic E-state index is -0.364. The van der Waals surface area contributed by atoms with Gasteiger partial charge >= 0.3 is 5.69 Å². The fourth-order valence-electron chi connectivity index (χ4n) is 1.66. The van der Waals surface area contributed by atoms with E-state index >= 15 is 0 Å². The third-order valence-electron chi connectivity index (χ3n) is 2.62. The third kappa shape index (κ3) is 3.08. The standard InChI is InChI=1S/C12H15N5O2S/c1-3-7-13-9-5-4-6-10(11(9)17(18)19)20-12-15-14-8-16(12)2/h4-6,8,13H,3,7H2,1-2H3. The summed E-state index contributed by atoms with van der Waals surface area (Å²) >= 11 is 1.23. The molecule has 1 heterocycles. The van der Waals surface area contributed by atoms with Crippen molar-refractivity contribution in [3.8, 4) is 0 Å². The molecule has 0 radical (unpaired) electrons. The van der Waals surface area contributed by atoms with Gasteiger partial charge in [0.1, 0.15) is 12.0 Å². The van der Waals surface area contributed by atoms with Crippen molar-refractivity contribution >= 4 is 23.1 Å². The molecule has 0 unspecified atom stereocenters. The quantitative estimate of drug-likeness (QED) is 0.651. The summed E-state index contributed by atoms with van der Waals surface area (Å²) in [7, 11) is 1.80. The Morgan fingerprint density at radius 3 is 2.90 bits per heavy atom. The van der Waals surface area contributed by atoms with Gasteiger partial charge in [0.15, 0.2) is 5.16 Å². The predicted molar refractivity (Wildman–Crippen MR) is 77.0 cm³/mol. The topological polar surface area (TPSA) is 85.9 Å². The van der Waals surface area contributed by atoms with E-state index < -0.39 is 0 Å². The minimum Gasteiger partial charge on any atom is -0.379 e. The molecule has 2 rings (SSSR count). The van der Waals surface area contributed by atoms with Crippen molar-refractivity contribution in [2.45, 2.75) is 23.4 Å². The van der Waals surface area contributed by atoms with Gasteiger partial charge in [-0.1, -0.05) is 13.0 Å². The number of hydrogen-bond donors (Lipinski definition) is 1. The average molecular weight is 293 g/mol. The number of nitro benzene ring substituents is 1. The first-order valence-corrected chi connectivity index (χ1v) is 6.98. The molecule has 1 aromatic carbocycles. The second-order valence-corrected chi connectivity index (χ2v) is 5.17. The van der Waals surface area contributed by atoms with Gasteiger partial charge < -0.3 is 9.88 Å². The number of aromatic nitrogens is 3. The van der Waals surface area contributed by atoms with E-state index in [1.807, 2.05) is 6.92 Å². The van der Waals surface area contributed by atoms with Crippen molar-refractivity contribution in [1.29, 1.82) is 0 Å². The first kappa shape index (κ1) is 14.3. The van der Waals surface area contributed by atoms with E-state index in [0.717, 1.165) is 6.42 Å². The molecule has 1 aromatic heterocycles. The number of para-hydroxylation sites is 1. The predicted octanol–water partition coefficient (Wildman–Crippen LogP) is 2.70. The van der Waals surface area contributed by atoms with Gasteiger partial charge in [-0.25, -0.2) is 0 Å². The van der Waals surface area contributed by atoms with Crippen molar-refractivity contribution < 1.29 is 4.92 Å². The van der Waals surface area contributed by atoms with Crippen LogP contribution >= 0.6 is 11.8 Å². The summed E-state index contributed by atoms with van der Waals surface area (Å²) in [5.41, 5.74) is 0.609. The maximum Gasteiger partial charge on any atom is 0.306 e. The van der Waals surface area contributed by atoms with Gasteiger partial charge in [-0.05, 0) is 30.3 Å². The minimum absolute atomic E-state index is 0.0777. The van der Waals surface area contributed by atoms with Crippen molar-refractivity contribution in [2.75, 3.05) is 11.9 Å². The molecule has 1 N–H and O–H groups in total. The van der Waals surface area contributed by atoms with Gasteiger partial charge in [-0.2, -0.15) is 0 Å². The fourth-order valence-corrected chi connectivity index (χ4v) is 2.56. The molecule has 20 heavy (non-hydrogen) atoms. The Morgan fingerprint density at radius 1 is 1.50 bits per heavy atom. The number of hydrogen-bond acceptors (Lipinski definition) is 6. The van der Waals surface area contributed by atoms with E-state index in [-0.39, 0.29) is 10.6 Å². The normalized spacial score (nSPS) is 10.5. The number of nitrogens with one attached hydrogen (secondary N) is 1. The molecule has 2 aromatic rings. The van der Waals surface area contributed by atoms with Crippen LogP contribution in [-0.2, 0) is 7.05 Å². The number of anilines is 1. The Bertz CT molecular complexity index is 614. The smallest absolute Gasteiger partial charge is 0.306 e. The van der Waals surface area contributed by atoms with E-state index in [9.17, 15) is 10.1 Å². The van der Waals surface area contributed by atoms with Crippen LogP contribution in [0.15, 0.2) is 34.6 Å². The Kier molecular flexibility index (Phi) is 4.57. The van der Waals surface area contributed by atoms with E-state index in [4.69, 9.17) is 0 Å². The van der Waals surface area contributed by atoms with Crippen LogP contribution in [0.4, 0.5) is 11.4 Å². The summed E-state index contributed by atoms with van der Waals surface area (Å²) in [6, 6.07) is 5.23. The van der Waals surface area contributed by atoms with Crippen LogP contribution in [0.1, 0.15) is 13.3 Å². The molecule has 0 aliphatic heterocycles. The second-order valence-electron chi connectivity index (χ2n) is 4.16. The molecule has 0 saturated carbocycles. The number of aryl methyl sites for hydroxylation is 1. The number of rotatable bonds is 6. The molecular formula is C12H15N5O2S. The van der Waals surface area contributed by atoms with Gasteiger partial charge in [0.2, 0.25) is 0 Å². The first-order chi connectivity index (χ1) is 9.63. The summed E-state index contributed by atoms with van der Waals surface area (Å²) in [4.78, 5) is 11.5. The molecule has 0 amide bonds. The molecule has 0 aliphatic rings. The monoisotopic (exact) mass is 293 g/mol. The molecule has 106 valence electrons. The zero-order valence-electron chi connectivity index (χ0n) is 11.2. The van der Waals surface area contributed by atoms with Gasteiger partial charge in [-0.3, -0.25) is 10.1 Å². The summed E-state index contributed by atoms with van der Waals surface area (Å²) < 4.78 is 1.72. The lowest BCUT2D eigenvalue weighted by Gasteiger charge is -2.08. The summed E-state index contributed by atoms with van der Waals surface area (Å²) in [5, 5.41) is 22.7. The molecule has 0 atom stereocenters. The molecule has 0 aliphatic carbocycles. The largest absolute Gasteiger partial charge is 0.379 e. The van der Waals surface area contributed by atoms with Gasteiger partial charge in [0.25, 0.3) is 0 Å². The summed E-state index contributed by atoms with van der Waals surface area (Å²) in [5.74, 6) is 0. The van der Waals surface area contributed by atoms with Crippen molar-refractivity contribution in [2.24, 2.45) is 7.05 Å². The van der Waals surface area contributed by atoms with E-state index in [1.54, 1.807) is 36.1 Å². The fraction of sp³-hybridized carbons (Fsp3) is 0.333. The van der Waals surface area contributed by atoms with Crippen LogP contribution in [0.2, 0.25) is 0 Å². The van der Waals surface area contributed by atoms with E-state index in [2.05, 4.69) is 15.5 Å². The lowest BCUT2D eigenvalue weighted by molar-refractivity contribution is -0.386. The first-order valence-electron chi connectivity index (χ1n) is 6.16. The highest BCUT2D eigenvalue weighted by molar-refractivity contribution is 7.99. The molecule has 8 heteroatoms. The zero-order chi connectivity index (χ0) is 14.5.